The number of likely N-dealkylation sites (N-methyl/N-ethyl adjacent to an activating group) is 1. The lowest BCUT2D eigenvalue weighted by atomic mass is 10.3. The second-order valence-corrected chi connectivity index (χ2v) is 2.43. The normalized spacial score (nSPS) is 15.2. The lowest BCUT2D eigenvalue weighted by Gasteiger charge is -2.03. The molecule has 0 fully saturated rings. The number of hydrogen-bond donors (Lipinski definition) is 1. The molecular weight excluding hydrogens is 114 g/mol. The minimum atomic E-state index is -0.315. The molecule has 2 nitrogen and oxygen atoms in total. The van der Waals surface area contributed by atoms with Gasteiger partial charge in [0.05, 0.1) is 6.10 Å². The van der Waals surface area contributed by atoms with Crippen LogP contribution in [0.5, 0.6) is 0 Å². The van der Waals surface area contributed by atoms with E-state index in [2.05, 4.69) is 0 Å². The number of nitrogens with zero attached hydrogens (tertiary/aromatic N) is 1. The highest BCUT2D eigenvalue weighted by Gasteiger charge is 1.85. The van der Waals surface area contributed by atoms with Crippen molar-refractivity contribution in [3.8, 4) is 0 Å². The molecule has 0 aromatic rings. The van der Waals surface area contributed by atoms with E-state index in [1.54, 1.807) is 13.0 Å². The van der Waals surface area contributed by atoms with E-state index in [9.17, 15) is 0 Å². The molecule has 0 unspecified atom stereocenters. The summed E-state index contributed by atoms with van der Waals surface area (Å²) >= 11 is 0. The van der Waals surface area contributed by atoms with Crippen molar-refractivity contribution in [3.63, 3.8) is 0 Å². The standard InChI is InChI=1S/C7H15NO/c1-7(9)5-4-6-8(2)3/h4-5,7,9H,6H2,1-3H3/b5-4+/t7-/m1/s1. The highest BCUT2D eigenvalue weighted by molar-refractivity contribution is 4.87. The van der Waals surface area contributed by atoms with Crippen LogP contribution in [0.1, 0.15) is 6.92 Å². The van der Waals surface area contributed by atoms with E-state index in [4.69, 9.17) is 5.11 Å². The van der Waals surface area contributed by atoms with Gasteiger partial charge in [-0.1, -0.05) is 12.2 Å². The van der Waals surface area contributed by atoms with E-state index in [0.29, 0.717) is 0 Å². The van der Waals surface area contributed by atoms with Crippen molar-refractivity contribution in [1.29, 1.82) is 0 Å². The van der Waals surface area contributed by atoms with Gasteiger partial charge in [-0.2, -0.15) is 0 Å². The summed E-state index contributed by atoms with van der Waals surface area (Å²) in [5.74, 6) is 0. The minimum absolute atomic E-state index is 0.315. The molecule has 0 rings (SSSR count). The molecule has 0 saturated heterocycles. The smallest absolute Gasteiger partial charge is 0.0693 e. The first-order chi connectivity index (χ1) is 4.13. The van der Waals surface area contributed by atoms with Gasteiger partial charge in [-0.15, -0.1) is 0 Å². The van der Waals surface area contributed by atoms with Crippen molar-refractivity contribution < 1.29 is 5.11 Å². The third-order valence-corrected chi connectivity index (χ3v) is 0.885. The first kappa shape index (κ1) is 8.66. The predicted molar refractivity (Wildman–Crippen MR) is 39.4 cm³/mol. The van der Waals surface area contributed by atoms with Gasteiger partial charge in [0.1, 0.15) is 0 Å². The van der Waals surface area contributed by atoms with E-state index < -0.39 is 0 Å². The van der Waals surface area contributed by atoms with E-state index >= 15 is 0 Å². The Labute approximate surface area is 56.8 Å². The van der Waals surface area contributed by atoms with Crippen LogP contribution in [0, 0.1) is 0 Å². The van der Waals surface area contributed by atoms with Crippen LogP contribution < -0.4 is 0 Å². The lowest BCUT2D eigenvalue weighted by Crippen LogP contribution is -2.11. The van der Waals surface area contributed by atoms with Crippen molar-refractivity contribution in [2.45, 2.75) is 13.0 Å². The highest BCUT2D eigenvalue weighted by Crippen LogP contribution is 1.83. The highest BCUT2D eigenvalue weighted by atomic mass is 16.3. The van der Waals surface area contributed by atoms with Gasteiger partial charge in [-0.05, 0) is 21.0 Å². The second kappa shape index (κ2) is 4.53. The van der Waals surface area contributed by atoms with Crippen molar-refractivity contribution in [2.24, 2.45) is 0 Å². The molecule has 9 heavy (non-hydrogen) atoms. The fraction of sp³-hybridized carbons (Fsp3) is 0.714. The van der Waals surface area contributed by atoms with Crippen LogP contribution in [0.4, 0.5) is 0 Å². The van der Waals surface area contributed by atoms with Gasteiger partial charge in [0.2, 0.25) is 0 Å². The van der Waals surface area contributed by atoms with Crippen molar-refractivity contribution >= 4 is 0 Å². The molecular formula is C7H15NO. The summed E-state index contributed by atoms with van der Waals surface area (Å²) < 4.78 is 0. The van der Waals surface area contributed by atoms with Gasteiger partial charge in [0.15, 0.2) is 0 Å². The summed E-state index contributed by atoms with van der Waals surface area (Å²) in [4.78, 5) is 2.04. The van der Waals surface area contributed by atoms with Crippen molar-refractivity contribution in [2.75, 3.05) is 20.6 Å². The molecule has 0 saturated carbocycles. The zero-order chi connectivity index (χ0) is 7.28. The average Bonchev–Trinajstić information content (AvgIpc) is 1.63. The summed E-state index contributed by atoms with van der Waals surface area (Å²) in [6.07, 6.45) is 3.41. The molecule has 0 heterocycles. The van der Waals surface area contributed by atoms with Crippen LogP contribution in [-0.2, 0) is 0 Å². The lowest BCUT2D eigenvalue weighted by molar-refractivity contribution is 0.243. The molecule has 2 heteroatoms. The van der Waals surface area contributed by atoms with Gasteiger partial charge in [0, 0.05) is 6.54 Å². The second-order valence-electron chi connectivity index (χ2n) is 2.43. The quantitative estimate of drug-likeness (QED) is 0.560. The van der Waals surface area contributed by atoms with Crippen LogP contribution in [0.25, 0.3) is 0 Å². The first-order valence-electron chi connectivity index (χ1n) is 3.12. The molecule has 0 aromatic heterocycles. The molecule has 0 aromatic carbocycles. The zero-order valence-corrected chi connectivity index (χ0v) is 6.33. The average molecular weight is 129 g/mol. The number of aliphatic hydroxyl groups is 1. The molecule has 0 aliphatic carbocycles. The summed E-state index contributed by atoms with van der Waals surface area (Å²) in [5, 5.41) is 8.76. The molecule has 0 bridgehead atoms. The largest absolute Gasteiger partial charge is 0.389 e. The molecule has 1 atom stereocenters. The Morgan fingerprint density at radius 2 is 2.11 bits per heavy atom. The number of rotatable bonds is 3. The fourth-order valence-corrected chi connectivity index (χ4v) is 0.469. The van der Waals surface area contributed by atoms with Crippen LogP contribution >= 0.6 is 0 Å². The van der Waals surface area contributed by atoms with Gasteiger partial charge in [0.25, 0.3) is 0 Å². The Kier molecular flexibility index (Phi) is 4.36. The molecule has 54 valence electrons. The molecule has 0 amide bonds. The van der Waals surface area contributed by atoms with Gasteiger partial charge >= 0.3 is 0 Å². The summed E-state index contributed by atoms with van der Waals surface area (Å²) in [5.41, 5.74) is 0. The van der Waals surface area contributed by atoms with Crippen LogP contribution in [0.3, 0.4) is 0 Å². The van der Waals surface area contributed by atoms with E-state index in [-0.39, 0.29) is 6.10 Å². The maximum atomic E-state index is 8.76. The Morgan fingerprint density at radius 1 is 1.56 bits per heavy atom. The number of aliphatic hydroxyl groups excluding tert-OH is 1. The van der Waals surface area contributed by atoms with Gasteiger partial charge in [-0.3, -0.25) is 0 Å². The van der Waals surface area contributed by atoms with E-state index in [1.165, 1.54) is 0 Å². The molecule has 0 aliphatic heterocycles. The van der Waals surface area contributed by atoms with E-state index in [0.717, 1.165) is 6.54 Å². The maximum absolute atomic E-state index is 8.76. The predicted octanol–water partition coefficient (Wildman–Crippen LogP) is 0.485. The molecule has 1 N–H and O–H groups in total. The minimum Gasteiger partial charge on any atom is -0.389 e. The van der Waals surface area contributed by atoms with Crippen molar-refractivity contribution in [1.82, 2.24) is 4.90 Å². The Bertz CT molecular complexity index is 86.9. The third kappa shape index (κ3) is 7.66. The first-order valence-corrected chi connectivity index (χ1v) is 3.12. The molecule has 0 radical (unpaired) electrons. The zero-order valence-electron chi connectivity index (χ0n) is 6.33. The van der Waals surface area contributed by atoms with Gasteiger partial charge in [-0.25, -0.2) is 0 Å². The topological polar surface area (TPSA) is 23.5 Å². The number of hydrogen-bond acceptors (Lipinski definition) is 2. The van der Waals surface area contributed by atoms with Crippen LogP contribution in [0.15, 0.2) is 12.2 Å². The SMILES string of the molecule is C[C@@H](O)/C=C/CN(C)C. The van der Waals surface area contributed by atoms with Crippen molar-refractivity contribution in [3.05, 3.63) is 12.2 Å². The summed E-state index contributed by atoms with van der Waals surface area (Å²) in [6, 6.07) is 0. The summed E-state index contributed by atoms with van der Waals surface area (Å²) in [6.45, 7) is 2.64. The fourth-order valence-electron chi connectivity index (χ4n) is 0.469. The van der Waals surface area contributed by atoms with E-state index in [1.807, 2.05) is 25.1 Å². The van der Waals surface area contributed by atoms with Crippen LogP contribution in [0.2, 0.25) is 0 Å². The Morgan fingerprint density at radius 3 is 2.44 bits per heavy atom. The molecule has 0 spiro atoms. The van der Waals surface area contributed by atoms with Gasteiger partial charge < -0.3 is 10.0 Å². The molecule has 0 aliphatic rings. The summed E-state index contributed by atoms with van der Waals surface area (Å²) in [7, 11) is 3.98. The van der Waals surface area contributed by atoms with Crippen LogP contribution in [-0.4, -0.2) is 36.8 Å². The third-order valence-electron chi connectivity index (χ3n) is 0.885. The monoisotopic (exact) mass is 129 g/mol. The Balaban J connectivity index is 3.25. The Hall–Kier alpha value is -0.340. The maximum Gasteiger partial charge on any atom is 0.0693 e.